The number of hydrogen-bond acceptors (Lipinski definition) is 3. The maximum atomic E-state index is 5.46. The first kappa shape index (κ1) is 13.9. The third kappa shape index (κ3) is 8.54. The molecule has 0 aromatic rings. The van der Waals surface area contributed by atoms with E-state index in [4.69, 9.17) is 14.0 Å². The van der Waals surface area contributed by atoms with Crippen molar-refractivity contribution >= 4 is 7.32 Å². The van der Waals surface area contributed by atoms with E-state index < -0.39 is 7.32 Å². The molecular weight excluding hydrogens is 179 g/mol. The Bertz CT molecular complexity index is 119. The fourth-order valence-electron chi connectivity index (χ4n) is 0.879. The number of hydrogen-bond donors (Lipinski definition) is 0. The molecule has 0 fully saturated rings. The lowest BCUT2D eigenvalue weighted by Gasteiger charge is -2.18. The molecular formula is C10H23BO3. The second kappa shape index (κ2) is 8.27. The van der Waals surface area contributed by atoms with Crippen molar-refractivity contribution in [3.8, 4) is 0 Å². The molecule has 0 saturated heterocycles. The third-order valence-corrected chi connectivity index (χ3v) is 1.52. The van der Waals surface area contributed by atoms with Gasteiger partial charge in [0.25, 0.3) is 0 Å². The van der Waals surface area contributed by atoms with Gasteiger partial charge in [0.2, 0.25) is 0 Å². The monoisotopic (exact) mass is 202 g/mol. The molecule has 0 aromatic heterocycles. The summed E-state index contributed by atoms with van der Waals surface area (Å²) in [5.41, 5.74) is 0. The Balaban J connectivity index is 3.72. The number of unbranched alkanes of at least 4 members (excludes halogenated alkanes) is 1. The Hall–Kier alpha value is -0.0551. The maximum Gasteiger partial charge on any atom is 0.639 e. The summed E-state index contributed by atoms with van der Waals surface area (Å²) in [4.78, 5) is 0. The largest absolute Gasteiger partial charge is 0.639 e. The van der Waals surface area contributed by atoms with Crippen LogP contribution < -0.4 is 0 Å². The SMILES string of the molecule is CCCCOB(OC(C)C)OC(C)C. The minimum Gasteiger partial charge on any atom is -0.386 e. The van der Waals surface area contributed by atoms with Gasteiger partial charge in [0.05, 0.1) is 0 Å². The highest BCUT2D eigenvalue weighted by atomic mass is 16.7. The Morgan fingerprint density at radius 2 is 1.50 bits per heavy atom. The first-order valence-corrected chi connectivity index (χ1v) is 5.48. The van der Waals surface area contributed by atoms with E-state index in [1.807, 2.05) is 27.7 Å². The van der Waals surface area contributed by atoms with Crippen molar-refractivity contribution in [2.24, 2.45) is 0 Å². The van der Waals surface area contributed by atoms with Crippen LogP contribution >= 0.6 is 0 Å². The van der Waals surface area contributed by atoms with E-state index in [2.05, 4.69) is 6.92 Å². The molecule has 0 aliphatic carbocycles. The lowest BCUT2D eigenvalue weighted by Crippen LogP contribution is -2.33. The lowest BCUT2D eigenvalue weighted by atomic mass is 10.2. The standard InChI is InChI=1S/C10H23BO3/c1-6-7-8-12-11(13-9(2)3)14-10(4)5/h9-10H,6-8H2,1-5H3. The molecule has 3 nitrogen and oxygen atoms in total. The zero-order chi connectivity index (χ0) is 11.0. The quantitative estimate of drug-likeness (QED) is 0.447. The van der Waals surface area contributed by atoms with E-state index in [0.717, 1.165) is 12.8 Å². The predicted molar refractivity (Wildman–Crippen MR) is 59.1 cm³/mol. The maximum absolute atomic E-state index is 5.46. The predicted octanol–water partition coefficient (Wildman–Crippen LogP) is 2.64. The van der Waals surface area contributed by atoms with Crippen LogP contribution in [-0.2, 0) is 14.0 Å². The average Bonchev–Trinajstić information content (AvgIpc) is 2.02. The summed E-state index contributed by atoms with van der Waals surface area (Å²) in [6.45, 7) is 10.7. The highest BCUT2D eigenvalue weighted by molar-refractivity contribution is 6.36. The van der Waals surface area contributed by atoms with Gasteiger partial charge in [0.1, 0.15) is 0 Å². The van der Waals surface area contributed by atoms with Gasteiger partial charge in [-0.15, -0.1) is 0 Å². The van der Waals surface area contributed by atoms with Gasteiger partial charge < -0.3 is 14.0 Å². The second-order valence-electron chi connectivity index (χ2n) is 3.88. The average molecular weight is 202 g/mol. The van der Waals surface area contributed by atoms with Gasteiger partial charge in [-0.05, 0) is 34.1 Å². The topological polar surface area (TPSA) is 27.7 Å². The molecule has 0 aromatic carbocycles. The van der Waals surface area contributed by atoms with Crippen LogP contribution in [0.4, 0.5) is 0 Å². The minimum absolute atomic E-state index is 0.125. The molecule has 0 bridgehead atoms. The van der Waals surface area contributed by atoms with Crippen molar-refractivity contribution in [1.82, 2.24) is 0 Å². The van der Waals surface area contributed by atoms with Crippen molar-refractivity contribution < 1.29 is 14.0 Å². The van der Waals surface area contributed by atoms with E-state index in [1.54, 1.807) is 0 Å². The molecule has 0 heterocycles. The van der Waals surface area contributed by atoms with Crippen molar-refractivity contribution in [2.45, 2.75) is 59.7 Å². The molecule has 0 aliphatic heterocycles. The molecule has 0 aliphatic rings. The Labute approximate surface area is 88.3 Å². The van der Waals surface area contributed by atoms with Crippen LogP contribution in [-0.4, -0.2) is 26.1 Å². The molecule has 84 valence electrons. The van der Waals surface area contributed by atoms with Gasteiger partial charge in [-0.3, -0.25) is 0 Å². The molecule has 0 amide bonds. The van der Waals surface area contributed by atoms with Gasteiger partial charge >= 0.3 is 7.32 Å². The summed E-state index contributed by atoms with van der Waals surface area (Å²) in [5.74, 6) is 0. The van der Waals surface area contributed by atoms with Gasteiger partial charge in [-0.2, -0.15) is 0 Å². The van der Waals surface area contributed by atoms with E-state index in [0.29, 0.717) is 6.61 Å². The molecule has 0 radical (unpaired) electrons. The summed E-state index contributed by atoms with van der Waals surface area (Å²) >= 11 is 0. The highest BCUT2D eigenvalue weighted by Gasteiger charge is 2.23. The molecule has 14 heavy (non-hydrogen) atoms. The van der Waals surface area contributed by atoms with Crippen LogP contribution in [0.25, 0.3) is 0 Å². The van der Waals surface area contributed by atoms with Crippen LogP contribution in [0.5, 0.6) is 0 Å². The summed E-state index contributed by atoms with van der Waals surface area (Å²) in [7, 11) is -0.512. The van der Waals surface area contributed by atoms with Crippen LogP contribution in [0, 0.1) is 0 Å². The van der Waals surface area contributed by atoms with Crippen LogP contribution in [0.15, 0.2) is 0 Å². The second-order valence-corrected chi connectivity index (χ2v) is 3.88. The third-order valence-electron chi connectivity index (χ3n) is 1.52. The van der Waals surface area contributed by atoms with E-state index in [1.165, 1.54) is 0 Å². The summed E-state index contributed by atoms with van der Waals surface area (Å²) in [6.07, 6.45) is 2.41. The first-order valence-electron chi connectivity index (χ1n) is 5.48. The Kier molecular flexibility index (Phi) is 8.24. The fourth-order valence-corrected chi connectivity index (χ4v) is 0.879. The number of rotatable bonds is 8. The van der Waals surface area contributed by atoms with Crippen LogP contribution in [0.3, 0.4) is 0 Å². The lowest BCUT2D eigenvalue weighted by molar-refractivity contribution is 0.0497. The van der Waals surface area contributed by atoms with E-state index in [9.17, 15) is 0 Å². The molecule has 0 N–H and O–H groups in total. The summed E-state index contributed by atoms with van der Waals surface area (Å²) in [6, 6.07) is 0. The Morgan fingerprint density at radius 1 is 1.00 bits per heavy atom. The minimum atomic E-state index is -0.512. The van der Waals surface area contributed by atoms with E-state index >= 15 is 0 Å². The molecule has 0 saturated carbocycles. The zero-order valence-electron chi connectivity index (χ0n) is 10.1. The van der Waals surface area contributed by atoms with Crippen LogP contribution in [0.2, 0.25) is 0 Å². The molecule has 0 unspecified atom stereocenters. The van der Waals surface area contributed by atoms with Crippen molar-refractivity contribution in [3.05, 3.63) is 0 Å². The summed E-state index contributed by atoms with van der Waals surface area (Å²) in [5, 5.41) is 0. The molecule has 0 atom stereocenters. The normalized spacial score (nSPS) is 11.4. The van der Waals surface area contributed by atoms with Crippen molar-refractivity contribution in [3.63, 3.8) is 0 Å². The molecule has 0 spiro atoms. The van der Waals surface area contributed by atoms with Crippen molar-refractivity contribution in [1.29, 1.82) is 0 Å². The smallest absolute Gasteiger partial charge is 0.386 e. The van der Waals surface area contributed by atoms with Crippen molar-refractivity contribution in [2.75, 3.05) is 6.61 Å². The van der Waals surface area contributed by atoms with E-state index in [-0.39, 0.29) is 12.2 Å². The van der Waals surface area contributed by atoms with Gasteiger partial charge in [0.15, 0.2) is 0 Å². The fraction of sp³-hybridized carbons (Fsp3) is 1.00. The molecule has 4 heteroatoms. The van der Waals surface area contributed by atoms with Gasteiger partial charge in [0, 0.05) is 18.8 Å². The zero-order valence-corrected chi connectivity index (χ0v) is 10.1. The highest BCUT2D eigenvalue weighted by Crippen LogP contribution is 2.02. The van der Waals surface area contributed by atoms with Gasteiger partial charge in [-0.25, -0.2) is 0 Å². The van der Waals surface area contributed by atoms with Crippen LogP contribution in [0.1, 0.15) is 47.5 Å². The summed E-state index contributed by atoms with van der Waals surface area (Å²) < 4.78 is 16.4. The Morgan fingerprint density at radius 3 is 1.86 bits per heavy atom. The van der Waals surface area contributed by atoms with Gasteiger partial charge in [-0.1, -0.05) is 13.3 Å². The molecule has 0 rings (SSSR count). The first-order chi connectivity index (χ1) is 6.56.